The first-order valence-corrected chi connectivity index (χ1v) is 12.5. The number of aryl methyl sites for hydroxylation is 1. The van der Waals surface area contributed by atoms with Gasteiger partial charge in [0, 0.05) is 24.4 Å². The molecule has 2 aliphatic heterocycles. The largest absolute Gasteiger partial charge is 0.462 e. The number of aliphatic hydroxyl groups is 6. The van der Waals surface area contributed by atoms with Crippen molar-refractivity contribution in [1.82, 2.24) is 5.32 Å². The molecular formula is C25H33NO13. The molecule has 5 unspecified atom stereocenters. The summed E-state index contributed by atoms with van der Waals surface area (Å²) in [7, 11) is 0. The summed E-state index contributed by atoms with van der Waals surface area (Å²) in [5, 5.41) is 64.2. The molecule has 3 heterocycles. The lowest BCUT2D eigenvalue weighted by atomic mass is 9.95. The van der Waals surface area contributed by atoms with Crippen molar-refractivity contribution in [2.45, 2.75) is 81.6 Å². The van der Waals surface area contributed by atoms with Crippen LogP contribution in [-0.2, 0) is 25.4 Å². The van der Waals surface area contributed by atoms with E-state index in [1.165, 1.54) is 19.1 Å². The minimum atomic E-state index is -1.79. The summed E-state index contributed by atoms with van der Waals surface area (Å²) in [6, 6.07) is 4.87. The number of ether oxygens (including phenoxy) is 4. The summed E-state index contributed by atoms with van der Waals surface area (Å²) in [5.74, 6) is -0.398. The molecule has 1 aromatic carbocycles. The Bertz CT molecular complexity index is 1200. The number of hydrogen-bond acceptors (Lipinski definition) is 13. The molecule has 216 valence electrons. The van der Waals surface area contributed by atoms with Crippen LogP contribution < -0.4 is 15.7 Å². The van der Waals surface area contributed by atoms with Gasteiger partial charge in [0.05, 0.1) is 13.2 Å². The van der Waals surface area contributed by atoms with Crippen molar-refractivity contribution in [1.29, 1.82) is 0 Å². The molecule has 2 aromatic rings. The van der Waals surface area contributed by atoms with Crippen LogP contribution in [0.4, 0.5) is 0 Å². The van der Waals surface area contributed by atoms with Crippen LogP contribution in [0.3, 0.4) is 0 Å². The monoisotopic (exact) mass is 555 g/mol. The standard InChI is InChI=1S/C25H33NO13/c1-3-11-6-17(30)36-14-7-12(4-5-13(11)14)35-24-18(26-10(2)29)23(20(32)16(9-28)37-24)39-25-22(34)21(33)19(31)15(8-27)38-25/h4-7,15-16,18-25,27-28,31-34H,3,8-9H2,1-2H3,(H,26,29)/t15?,16?,18?,19-,20+,21-,22?,23+,24?,25-/m0/s1. The van der Waals surface area contributed by atoms with E-state index in [2.05, 4.69) is 5.32 Å². The summed E-state index contributed by atoms with van der Waals surface area (Å²) < 4.78 is 28.2. The van der Waals surface area contributed by atoms with Crippen LogP contribution in [0.25, 0.3) is 11.0 Å². The van der Waals surface area contributed by atoms with E-state index >= 15 is 0 Å². The molecule has 4 rings (SSSR count). The van der Waals surface area contributed by atoms with Gasteiger partial charge in [0.2, 0.25) is 12.2 Å². The van der Waals surface area contributed by atoms with Gasteiger partial charge in [0.15, 0.2) is 6.29 Å². The number of rotatable bonds is 8. The maximum Gasteiger partial charge on any atom is 0.336 e. The van der Waals surface area contributed by atoms with Crippen LogP contribution in [0.1, 0.15) is 19.4 Å². The van der Waals surface area contributed by atoms with Gasteiger partial charge in [-0.3, -0.25) is 4.79 Å². The number of carbonyl (C=O) groups is 1. The fraction of sp³-hybridized carbons (Fsp3) is 0.600. The Morgan fingerprint density at radius 1 is 0.949 bits per heavy atom. The Morgan fingerprint density at radius 2 is 1.62 bits per heavy atom. The maximum absolute atomic E-state index is 12.1. The quantitative estimate of drug-likeness (QED) is 0.168. The number of carbonyl (C=O) groups excluding carboxylic acids is 1. The Hall–Kier alpha value is -2.66. The van der Waals surface area contributed by atoms with E-state index in [0.29, 0.717) is 11.8 Å². The Kier molecular flexibility index (Phi) is 9.21. The van der Waals surface area contributed by atoms with Crippen LogP contribution in [0.2, 0.25) is 0 Å². The zero-order valence-electron chi connectivity index (χ0n) is 21.2. The van der Waals surface area contributed by atoms with Gasteiger partial charge in [0.1, 0.15) is 60.1 Å². The third-order valence-electron chi connectivity index (χ3n) is 6.80. The molecule has 0 aliphatic carbocycles. The number of nitrogens with one attached hydrogen (secondary N) is 1. The Labute approximate surface area is 222 Å². The fourth-order valence-electron chi connectivity index (χ4n) is 4.76. The highest BCUT2D eigenvalue weighted by Crippen LogP contribution is 2.31. The molecule has 2 fully saturated rings. The second kappa shape index (κ2) is 12.2. The van der Waals surface area contributed by atoms with Gasteiger partial charge < -0.3 is 59.3 Å². The third-order valence-corrected chi connectivity index (χ3v) is 6.80. The van der Waals surface area contributed by atoms with Crippen LogP contribution >= 0.6 is 0 Å². The first kappa shape index (κ1) is 29.3. The Balaban J connectivity index is 1.65. The summed E-state index contributed by atoms with van der Waals surface area (Å²) in [4.78, 5) is 24.1. The lowest BCUT2D eigenvalue weighted by molar-refractivity contribution is -0.339. The number of benzene rings is 1. The zero-order chi connectivity index (χ0) is 28.4. The fourth-order valence-corrected chi connectivity index (χ4v) is 4.76. The van der Waals surface area contributed by atoms with E-state index in [4.69, 9.17) is 23.4 Å². The lowest BCUT2D eigenvalue weighted by Crippen LogP contribution is -2.68. The lowest BCUT2D eigenvalue weighted by Gasteiger charge is -2.47. The summed E-state index contributed by atoms with van der Waals surface area (Å²) >= 11 is 0. The van der Waals surface area contributed by atoms with Gasteiger partial charge in [0.25, 0.3) is 0 Å². The molecule has 14 heteroatoms. The van der Waals surface area contributed by atoms with E-state index in [1.807, 2.05) is 6.92 Å². The number of hydrogen-bond donors (Lipinski definition) is 7. The smallest absolute Gasteiger partial charge is 0.336 e. The first-order chi connectivity index (χ1) is 18.6. The van der Waals surface area contributed by atoms with Gasteiger partial charge in [-0.2, -0.15) is 0 Å². The van der Waals surface area contributed by atoms with Crippen molar-refractivity contribution in [3.05, 3.63) is 40.2 Å². The van der Waals surface area contributed by atoms with Gasteiger partial charge >= 0.3 is 5.63 Å². The molecule has 2 saturated heterocycles. The summed E-state index contributed by atoms with van der Waals surface area (Å²) in [5.41, 5.74) is 0.476. The maximum atomic E-state index is 12.1. The molecular weight excluding hydrogens is 522 g/mol. The second-order valence-electron chi connectivity index (χ2n) is 9.46. The van der Waals surface area contributed by atoms with Gasteiger partial charge in [-0.1, -0.05) is 6.92 Å². The van der Waals surface area contributed by atoms with Gasteiger partial charge in [-0.15, -0.1) is 0 Å². The van der Waals surface area contributed by atoms with Crippen molar-refractivity contribution in [2.24, 2.45) is 0 Å². The number of aliphatic hydroxyl groups excluding tert-OH is 6. The van der Waals surface area contributed by atoms with Crippen LogP contribution in [0.15, 0.2) is 33.5 Å². The molecule has 2 aliphatic rings. The highest BCUT2D eigenvalue weighted by atomic mass is 16.7. The molecule has 0 radical (unpaired) electrons. The first-order valence-electron chi connectivity index (χ1n) is 12.5. The molecule has 14 nitrogen and oxygen atoms in total. The third kappa shape index (κ3) is 6.09. The molecule has 0 saturated carbocycles. The van der Waals surface area contributed by atoms with Crippen molar-refractivity contribution in [3.63, 3.8) is 0 Å². The number of fused-ring (bicyclic) bond motifs is 1. The van der Waals surface area contributed by atoms with E-state index in [1.54, 1.807) is 12.1 Å². The van der Waals surface area contributed by atoms with Crippen molar-refractivity contribution < 1.29 is 58.8 Å². The molecule has 10 atom stereocenters. The normalized spacial score (nSPS) is 35.1. The van der Waals surface area contributed by atoms with Crippen LogP contribution in [0.5, 0.6) is 5.75 Å². The van der Waals surface area contributed by atoms with Crippen molar-refractivity contribution in [2.75, 3.05) is 13.2 Å². The molecule has 0 spiro atoms. The summed E-state index contributed by atoms with van der Waals surface area (Å²) in [6.07, 6.45) is -13.2. The van der Waals surface area contributed by atoms with Gasteiger partial charge in [-0.25, -0.2) is 4.79 Å². The zero-order valence-corrected chi connectivity index (χ0v) is 21.2. The van der Waals surface area contributed by atoms with Gasteiger partial charge in [-0.05, 0) is 24.1 Å². The van der Waals surface area contributed by atoms with E-state index in [-0.39, 0.29) is 11.3 Å². The van der Waals surface area contributed by atoms with Crippen molar-refractivity contribution >= 4 is 16.9 Å². The second-order valence-corrected chi connectivity index (χ2v) is 9.46. The van der Waals surface area contributed by atoms with Crippen LogP contribution in [-0.4, -0.2) is 111 Å². The average Bonchev–Trinajstić information content (AvgIpc) is 2.91. The molecule has 7 N–H and O–H groups in total. The minimum absolute atomic E-state index is 0.166. The highest BCUT2D eigenvalue weighted by Gasteiger charge is 2.52. The van der Waals surface area contributed by atoms with E-state index in [9.17, 15) is 40.2 Å². The van der Waals surface area contributed by atoms with E-state index < -0.39 is 86.1 Å². The predicted molar refractivity (Wildman–Crippen MR) is 130 cm³/mol. The minimum Gasteiger partial charge on any atom is -0.462 e. The van der Waals surface area contributed by atoms with Crippen molar-refractivity contribution in [3.8, 4) is 5.75 Å². The molecule has 0 bridgehead atoms. The predicted octanol–water partition coefficient (Wildman–Crippen LogP) is -2.50. The van der Waals surface area contributed by atoms with E-state index in [0.717, 1.165) is 5.56 Å². The Morgan fingerprint density at radius 3 is 2.26 bits per heavy atom. The average molecular weight is 556 g/mol. The molecule has 39 heavy (non-hydrogen) atoms. The number of amides is 1. The van der Waals surface area contributed by atoms with Crippen LogP contribution in [0, 0.1) is 0 Å². The highest BCUT2D eigenvalue weighted by molar-refractivity contribution is 5.81. The topological polar surface area (TPSA) is 218 Å². The molecule has 1 aromatic heterocycles. The molecule has 1 amide bonds. The summed E-state index contributed by atoms with van der Waals surface area (Å²) in [6.45, 7) is 1.69. The SMILES string of the molecule is CCc1cc(=O)oc2cc(OC3OC(CO)[C@@H](O)[C@H](O[C@@H]4OC(CO)[C@H](O)[C@H](O)C4O)C3NC(C)=O)ccc12.